The number of rotatable bonds is 6. The molecule has 1 aliphatic heterocycles. The highest BCUT2D eigenvalue weighted by Crippen LogP contribution is 2.65. The molecule has 2 unspecified atom stereocenters. The summed E-state index contributed by atoms with van der Waals surface area (Å²) in [5, 5.41) is 3.84. The van der Waals surface area contributed by atoms with Gasteiger partial charge in [-0.2, -0.15) is 0 Å². The second kappa shape index (κ2) is 9.79. The molecule has 0 amide bonds. The van der Waals surface area contributed by atoms with Crippen LogP contribution in [0.2, 0.25) is 0 Å². The molecule has 4 fully saturated rings. The second-order valence-electron chi connectivity index (χ2n) is 12.8. The highest BCUT2D eigenvalue weighted by atomic mass is 32.2. The maximum absolute atomic E-state index is 6.72. The lowest BCUT2D eigenvalue weighted by Crippen LogP contribution is -2.49. The van der Waals surface area contributed by atoms with Crippen LogP contribution in [0.1, 0.15) is 98.3 Å². The molecule has 188 valence electrons. The molecule has 5 aliphatic rings. The zero-order valence-electron chi connectivity index (χ0n) is 22.1. The summed E-state index contributed by atoms with van der Waals surface area (Å²) >= 11 is 1.83. The molecule has 3 saturated carbocycles. The highest BCUT2D eigenvalue weighted by molar-refractivity contribution is 7.96. The molecule has 0 aromatic rings. The van der Waals surface area contributed by atoms with Crippen molar-refractivity contribution in [2.75, 3.05) is 19.4 Å². The minimum absolute atomic E-state index is 0.0868. The Balaban J connectivity index is 1.31. The third-order valence-electron chi connectivity index (χ3n) is 11.3. The zero-order valence-corrected chi connectivity index (χ0v) is 22.9. The van der Waals surface area contributed by atoms with E-state index in [1.807, 2.05) is 17.5 Å². The van der Waals surface area contributed by atoms with Crippen molar-refractivity contribution in [2.24, 2.45) is 35.0 Å². The van der Waals surface area contributed by atoms with Gasteiger partial charge in [-0.25, -0.2) is 0 Å². The van der Waals surface area contributed by atoms with Gasteiger partial charge in [0, 0.05) is 18.0 Å². The third kappa shape index (κ3) is 4.27. The molecule has 4 heteroatoms. The normalized spacial score (nSPS) is 47.4. The van der Waals surface area contributed by atoms with Gasteiger partial charge in [-0.1, -0.05) is 50.3 Å². The first-order valence-corrected chi connectivity index (χ1v) is 15.5. The van der Waals surface area contributed by atoms with Gasteiger partial charge in [-0.15, -0.1) is 0 Å². The molecule has 1 spiro atoms. The number of unbranched alkanes of at least 4 members (excludes halogenated alkanes) is 1. The molecule has 3 nitrogen and oxygen atoms in total. The molecule has 0 radical (unpaired) electrons. The van der Waals surface area contributed by atoms with E-state index in [1.165, 1.54) is 70.6 Å². The van der Waals surface area contributed by atoms with Crippen molar-refractivity contribution in [2.45, 2.75) is 116 Å². The lowest BCUT2D eigenvalue weighted by atomic mass is 9.52. The number of nitrogens with one attached hydrogen (secondary N) is 2. The Kier molecular flexibility index (Phi) is 7.31. The Morgan fingerprint density at radius 2 is 2.00 bits per heavy atom. The molecule has 1 saturated heterocycles. The predicted octanol–water partition coefficient (Wildman–Crippen LogP) is 6.74. The summed E-state index contributed by atoms with van der Waals surface area (Å²) < 4.78 is 10.4. The van der Waals surface area contributed by atoms with Crippen LogP contribution in [0.5, 0.6) is 0 Å². The van der Waals surface area contributed by atoms with Gasteiger partial charge in [0.2, 0.25) is 0 Å². The van der Waals surface area contributed by atoms with Crippen molar-refractivity contribution in [1.82, 2.24) is 10.0 Å². The summed E-state index contributed by atoms with van der Waals surface area (Å²) in [5.41, 5.74) is 4.25. The Labute approximate surface area is 208 Å². The van der Waals surface area contributed by atoms with E-state index in [-0.39, 0.29) is 5.60 Å². The van der Waals surface area contributed by atoms with E-state index >= 15 is 0 Å². The third-order valence-corrected chi connectivity index (χ3v) is 11.9. The lowest BCUT2D eigenvalue weighted by molar-refractivity contribution is -0.0457. The molecular formula is C29H50N2OS. The average molecular weight is 475 g/mol. The molecular weight excluding hydrogens is 424 g/mol. The van der Waals surface area contributed by atoms with Crippen LogP contribution in [0.15, 0.2) is 11.1 Å². The summed E-state index contributed by atoms with van der Waals surface area (Å²) in [4.78, 5) is 0. The van der Waals surface area contributed by atoms with Gasteiger partial charge in [0.25, 0.3) is 0 Å². The average Bonchev–Trinajstić information content (AvgIpc) is 3.28. The van der Waals surface area contributed by atoms with Crippen molar-refractivity contribution >= 4 is 11.9 Å². The van der Waals surface area contributed by atoms with Gasteiger partial charge in [-0.3, -0.25) is 4.72 Å². The van der Waals surface area contributed by atoms with Gasteiger partial charge >= 0.3 is 0 Å². The first-order chi connectivity index (χ1) is 15.9. The maximum Gasteiger partial charge on any atom is 0.0761 e. The van der Waals surface area contributed by atoms with Crippen LogP contribution in [0.25, 0.3) is 0 Å². The summed E-state index contributed by atoms with van der Waals surface area (Å²) in [6, 6.07) is 1.28. The summed E-state index contributed by atoms with van der Waals surface area (Å²) in [6.45, 7) is 12.0. The molecule has 4 aliphatic carbocycles. The fourth-order valence-electron chi connectivity index (χ4n) is 9.27. The summed E-state index contributed by atoms with van der Waals surface area (Å²) in [6.07, 6.45) is 17.1. The second-order valence-corrected chi connectivity index (χ2v) is 13.4. The van der Waals surface area contributed by atoms with Crippen LogP contribution >= 0.6 is 11.9 Å². The molecule has 2 N–H and O–H groups in total. The summed E-state index contributed by atoms with van der Waals surface area (Å²) in [5.74, 6) is 4.26. The van der Waals surface area contributed by atoms with Gasteiger partial charge in [0.05, 0.1) is 12.2 Å². The van der Waals surface area contributed by atoms with Crippen LogP contribution in [0.3, 0.4) is 0 Å². The Hall–Kier alpha value is -0.0300. The zero-order chi connectivity index (χ0) is 23.2. The molecule has 0 aromatic carbocycles. The van der Waals surface area contributed by atoms with Crippen LogP contribution in [0, 0.1) is 35.0 Å². The van der Waals surface area contributed by atoms with Gasteiger partial charge < -0.3 is 10.1 Å². The minimum atomic E-state index is 0.0868. The number of allylic oxidation sites excluding steroid dienone is 1. The van der Waals surface area contributed by atoms with Crippen molar-refractivity contribution in [3.05, 3.63) is 11.1 Å². The van der Waals surface area contributed by atoms with Gasteiger partial charge in [0.1, 0.15) is 0 Å². The topological polar surface area (TPSA) is 33.3 Å². The van der Waals surface area contributed by atoms with E-state index < -0.39 is 0 Å². The molecule has 5 rings (SSSR count). The van der Waals surface area contributed by atoms with E-state index in [0.29, 0.717) is 17.4 Å². The van der Waals surface area contributed by atoms with E-state index in [0.717, 1.165) is 42.9 Å². The predicted molar refractivity (Wildman–Crippen MR) is 141 cm³/mol. The fourth-order valence-corrected chi connectivity index (χ4v) is 9.81. The number of hydrogen-bond donors (Lipinski definition) is 2. The van der Waals surface area contributed by atoms with E-state index in [4.69, 9.17) is 4.74 Å². The molecule has 0 aromatic heterocycles. The minimum Gasteiger partial charge on any atom is -0.373 e. The smallest absolute Gasteiger partial charge is 0.0761 e. The van der Waals surface area contributed by atoms with E-state index in [1.54, 1.807) is 5.57 Å². The Morgan fingerprint density at radius 1 is 1.15 bits per heavy atom. The van der Waals surface area contributed by atoms with Crippen molar-refractivity contribution in [1.29, 1.82) is 0 Å². The molecule has 1 heterocycles. The van der Waals surface area contributed by atoms with Crippen LogP contribution < -0.4 is 10.0 Å². The van der Waals surface area contributed by atoms with Gasteiger partial charge in [-0.05, 0) is 113 Å². The van der Waals surface area contributed by atoms with Crippen molar-refractivity contribution < 1.29 is 4.74 Å². The van der Waals surface area contributed by atoms with E-state index in [2.05, 4.69) is 44.0 Å². The van der Waals surface area contributed by atoms with Crippen LogP contribution in [-0.2, 0) is 4.74 Å². The van der Waals surface area contributed by atoms with E-state index in [9.17, 15) is 0 Å². The van der Waals surface area contributed by atoms with Crippen LogP contribution in [-0.4, -0.2) is 37.1 Å². The van der Waals surface area contributed by atoms with Crippen molar-refractivity contribution in [3.63, 3.8) is 0 Å². The largest absolute Gasteiger partial charge is 0.373 e. The SMILES string of the molecule is CCCCN[C@@H]1CO[C@]2(CC[C@@H]3C(=C(C)C2)C[C@H]2C3CCC3C[C@H](NSC)CC[C@@]32C)[C@@H]1C. The molecule has 33 heavy (non-hydrogen) atoms. The summed E-state index contributed by atoms with van der Waals surface area (Å²) in [7, 11) is 0. The molecule has 9 atom stereocenters. The first kappa shape index (κ1) is 24.7. The highest BCUT2D eigenvalue weighted by Gasteiger charge is 2.57. The molecule has 0 bridgehead atoms. The number of hydrogen-bond acceptors (Lipinski definition) is 4. The first-order valence-electron chi connectivity index (χ1n) is 14.3. The van der Waals surface area contributed by atoms with Gasteiger partial charge in [0.15, 0.2) is 0 Å². The fraction of sp³-hybridized carbons (Fsp3) is 0.931. The van der Waals surface area contributed by atoms with Crippen molar-refractivity contribution in [3.8, 4) is 0 Å². The standard InChI is InChI=1S/C29H50N2OS/c1-6-7-14-30-27-18-32-29(20(27)3)13-11-23-24-9-8-21-15-22(31-33-5)10-12-28(21,4)26(24)16-25(23)19(2)17-29/h20-24,26-27,30-31H,6-18H2,1-5H3/t20-,21?,22-,23+,24?,26+,27-,28+,29+/m1/s1. The Bertz CT molecular complexity index is 739. The van der Waals surface area contributed by atoms with Crippen LogP contribution in [0.4, 0.5) is 0 Å². The maximum atomic E-state index is 6.72. The number of fused-ring (bicyclic) bond motifs is 5. The lowest BCUT2D eigenvalue weighted by Gasteiger charge is -2.54. The quantitative estimate of drug-likeness (QED) is 0.254. The monoisotopic (exact) mass is 474 g/mol. The number of ether oxygens (including phenoxy) is 1. The Morgan fingerprint density at radius 3 is 2.79 bits per heavy atom.